The average molecular weight is 592 g/mol. The fraction of sp³-hybridized carbons (Fsp3) is 0.0465. The number of benzene rings is 7. The van der Waals surface area contributed by atoms with Crippen molar-refractivity contribution in [2.75, 3.05) is 0 Å². The number of allylic oxidation sites excluding steroid dienone is 4. The first kappa shape index (κ1) is 26.2. The number of rotatable bonds is 4. The van der Waals surface area contributed by atoms with E-state index in [9.17, 15) is 0 Å². The molecule has 0 atom stereocenters. The normalized spacial score (nSPS) is 13.5. The molecule has 7 aromatic carbocycles. The van der Waals surface area contributed by atoms with Crippen LogP contribution in [0.25, 0.3) is 70.6 Å². The molecule has 45 heavy (non-hydrogen) atoms. The van der Waals surface area contributed by atoms with E-state index in [4.69, 9.17) is 0 Å². The van der Waals surface area contributed by atoms with Crippen LogP contribution in [0.15, 0.2) is 162 Å². The Kier molecular flexibility index (Phi) is 6.28. The highest BCUT2D eigenvalue weighted by Gasteiger charge is 2.20. The molecule has 0 N–H and O–H groups in total. The molecule has 0 bridgehead atoms. The maximum atomic E-state index is 4.68. The van der Waals surface area contributed by atoms with Gasteiger partial charge < -0.3 is 0 Å². The minimum atomic E-state index is 1.04. The summed E-state index contributed by atoms with van der Waals surface area (Å²) in [6.45, 7) is 0. The molecule has 0 radical (unpaired) electrons. The van der Waals surface area contributed by atoms with Gasteiger partial charge in [-0.2, -0.15) is 0 Å². The molecule has 8 aromatic rings. The van der Waals surface area contributed by atoms with Gasteiger partial charge in [0.15, 0.2) is 0 Å². The van der Waals surface area contributed by atoms with Crippen LogP contribution >= 0.6 is 11.8 Å². The van der Waals surface area contributed by atoms with Crippen LogP contribution in [0.5, 0.6) is 0 Å². The van der Waals surface area contributed by atoms with Crippen LogP contribution in [-0.2, 0) is 0 Å². The largest absolute Gasteiger partial charge is 0.264 e. The van der Waals surface area contributed by atoms with E-state index in [1.165, 1.54) is 85.9 Å². The number of fused-ring (bicyclic) bond motifs is 6. The number of nitrogens with zero attached hydrogens (tertiary/aromatic N) is 1. The molecule has 1 aliphatic rings. The summed E-state index contributed by atoms with van der Waals surface area (Å²) >= 11 is 1.93. The predicted octanol–water partition coefficient (Wildman–Crippen LogP) is 12.4. The van der Waals surface area contributed by atoms with Gasteiger partial charge in [0.1, 0.15) is 0 Å². The molecule has 212 valence electrons. The zero-order chi connectivity index (χ0) is 29.7. The van der Waals surface area contributed by atoms with E-state index in [1.54, 1.807) is 0 Å². The van der Waals surface area contributed by atoms with E-state index in [2.05, 4.69) is 151 Å². The highest BCUT2D eigenvalue weighted by Crippen LogP contribution is 2.48. The van der Waals surface area contributed by atoms with E-state index in [0.717, 1.165) is 12.8 Å². The molecule has 0 unspecified atom stereocenters. The summed E-state index contributed by atoms with van der Waals surface area (Å²) in [5.74, 6) is 0. The molecule has 0 saturated carbocycles. The van der Waals surface area contributed by atoms with Crippen molar-refractivity contribution in [1.29, 1.82) is 0 Å². The third-order valence-corrected chi connectivity index (χ3v) is 10.4. The number of hydrogen-bond acceptors (Lipinski definition) is 2. The lowest BCUT2D eigenvalue weighted by molar-refractivity contribution is 1.02. The molecule has 9 rings (SSSR count). The minimum absolute atomic E-state index is 1.04. The first-order valence-corrected chi connectivity index (χ1v) is 16.4. The Hall–Kier alpha value is -5.18. The van der Waals surface area contributed by atoms with Crippen molar-refractivity contribution in [3.63, 3.8) is 0 Å². The van der Waals surface area contributed by atoms with Gasteiger partial charge in [0.2, 0.25) is 0 Å². The molecule has 2 heteroatoms. The van der Waals surface area contributed by atoms with Crippen molar-refractivity contribution in [3.8, 4) is 11.1 Å². The molecule has 0 fully saturated rings. The summed E-state index contributed by atoms with van der Waals surface area (Å²) in [5.41, 5.74) is 5.11. The lowest BCUT2D eigenvalue weighted by Gasteiger charge is -2.20. The lowest BCUT2D eigenvalue weighted by atomic mass is 9.88. The minimum Gasteiger partial charge on any atom is -0.264 e. The standard InChI is InChI=1S/C43H29NS/c1-2-11-29-24-31(21-20-28(29)10-1)30-13-9-14-33(25-30)45-43-38-19-8-7-18-37(38)42(41-27-44-23-22-39(41)43)40-26-32-12-3-4-15-34(32)35-16-5-6-17-36(35)40/h1-8,10-13,15-27H,9,14H2. The zero-order valence-corrected chi connectivity index (χ0v) is 25.5. The topological polar surface area (TPSA) is 12.9 Å². The monoisotopic (exact) mass is 591 g/mol. The average Bonchev–Trinajstić information content (AvgIpc) is 3.11. The van der Waals surface area contributed by atoms with Crippen LogP contribution in [0.2, 0.25) is 0 Å². The summed E-state index contributed by atoms with van der Waals surface area (Å²) < 4.78 is 0. The molecule has 0 amide bonds. The molecular formula is C43H29NS. The summed E-state index contributed by atoms with van der Waals surface area (Å²) in [6, 6.07) is 46.5. The summed E-state index contributed by atoms with van der Waals surface area (Å²) in [5, 5.41) is 12.7. The summed E-state index contributed by atoms with van der Waals surface area (Å²) in [6.07, 6.45) is 10.9. The molecule has 1 heterocycles. The van der Waals surface area contributed by atoms with Crippen LogP contribution in [0.4, 0.5) is 0 Å². The third-order valence-electron chi connectivity index (χ3n) is 9.20. The number of aromatic nitrogens is 1. The van der Waals surface area contributed by atoms with Gasteiger partial charge in [-0.05, 0) is 113 Å². The van der Waals surface area contributed by atoms with Gasteiger partial charge in [0, 0.05) is 22.7 Å². The van der Waals surface area contributed by atoms with Crippen molar-refractivity contribution in [1.82, 2.24) is 4.98 Å². The fourth-order valence-electron chi connectivity index (χ4n) is 7.10. The summed E-state index contributed by atoms with van der Waals surface area (Å²) in [4.78, 5) is 7.38. The van der Waals surface area contributed by atoms with Crippen molar-refractivity contribution in [3.05, 3.63) is 162 Å². The Balaban J connectivity index is 1.24. The molecule has 0 spiro atoms. The van der Waals surface area contributed by atoms with Crippen LogP contribution < -0.4 is 0 Å². The second kappa shape index (κ2) is 10.8. The first-order valence-electron chi connectivity index (χ1n) is 15.6. The second-order valence-electron chi connectivity index (χ2n) is 11.8. The Morgan fingerprint density at radius 3 is 2.09 bits per heavy atom. The number of thioether (sulfide) groups is 1. The predicted molar refractivity (Wildman–Crippen MR) is 195 cm³/mol. The van der Waals surface area contributed by atoms with Crippen LogP contribution in [0, 0.1) is 0 Å². The molecule has 1 aliphatic carbocycles. The smallest absolute Gasteiger partial charge is 0.0353 e. The molecule has 1 nitrogen and oxygen atoms in total. The van der Waals surface area contributed by atoms with E-state index < -0.39 is 0 Å². The van der Waals surface area contributed by atoms with Gasteiger partial charge >= 0.3 is 0 Å². The molecule has 0 aliphatic heterocycles. The van der Waals surface area contributed by atoms with Crippen molar-refractivity contribution in [2.45, 2.75) is 17.7 Å². The van der Waals surface area contributed by atoms with Crippen molar-refractivity contribution >= 4 is 71.2 Å². The molecule has 1 aromatic heterocycles. The van der Waals surface area contributed by atoms with E-state index in [-0.39, 0.29) is 0 Å². The van der Waals surface area contributed by atoms with Crippen molar-refractivity contribution < 1.29 is 0 Å². The van der Waals surface area contributed by atoms with Gasteiger partial charge in [-0.1, -0.05) is 127 Å². The Bertz CT molecular complexity index is 2460. The van der Waals surface area contributed by atoms with Crippen molar-refractivity contribution in [2.24, 2.45) is 0 Å². The highest BCUT2D eigenvalue weighted by atomic mass is 32.2. The Morgan fingerprint density at radius 2 is 1.22 bits per heavy atom. The van der Waals surface area contributed by atoms with E-state index in [1.807, 2.05) is 18.0 Å². The van der Waals surface area contributed by atoms with Gasteiger partial charge in [-0.15, -0.1) is 0 Å². The quantitative estimate of drug-likeness (QED) is 0.149. The zero-order valence-electron chi connectivity index (χ0n) is 24.7. The maximum Gasteiger partial charge on any atom is 0.0353 e. The van der Waals surface area contributed by atoms with Gasteiger partial charge in [0.05, 0.1) is 0 Å². The Morgan fingerprint density at radius 1 is 0.533 bits per heavy atom. The SMILES string of the molecule is C1=C(Sc2c3ccccc3c(-c3cc4ccccc4c4ccccc34)c3cnccc23)CCC=C1c1ccc2ccccc2c1. The van der Waals surface area contributed by atoms with Crippen LogP contribution in [-0.4, -0.2) is 4.98 Å². The maximum absolute atomic E-state index is 4.68. The van der Waals surface area contributed by atoms with Gasteiger partial charge in [-0.25, -0.2) is 0 Å². The first-order chi connectivity index (χ1) is 22.3. The number of hydrogen-bond donors (Lipinski definition) is 0. The lowest BCUT2D eigenvalue weighted by Crippen LogP contribution is -1.94. The highest BCUT2D eigenvalue weighted by molar-refractivity contribution is 8.03. The molecular weight excluding hydrogens is 563 g/mol. The van der Waals surface area contributed by atoms with E-state index in [0.29, 0.717) is 0 Å². The Labute approximate surface area is 266 Å². The van der Waals surface area contributed by atoms with Crippen LogP contribution in [0.3, 0.4) is 0 Å². The van der Waals surface area contributed by atoms with Gasteiger partial charge in [-0.3, -0.25) is 4.98 Å². The summed E-state index contributed by atoms with van der Waals surface area (Å²) in [7, 11) is 0. The third kappa shape index (κ3) is 4.44. The fourth-order valence-corrected chi connectivity index (χ4v) is 8.34. The molecule has 0 saturated heterocycles. The van der Waals surface area contributed by atoms with E-state index >= 15 is 0 Å². The van der Waals surface area contributed by atoms with Gasteiger partial charge in [0.25, 0.3) is 0 Å². The number of pyridine rings is 1. The van der Waals surface area contributed by atoms with Crippen LogP contribution in [0.1, 0.15) is 18.4 Å². The second-order valence-corrected chi connectivity index (χ2v) is 13.0.